The van der Waals surface area contributed by atoms with Crippen LogP contribution in [0.25, 0.3) is 0 Å². The van der Waals surface area contributed by atoms with Crippen molar-refractivity contribution in [1.82, 2.24) is 0 Å². The molecule has 1 aliphatic heterocycles. The second kappa shape index (κ2) is 4.40. The second-order valence-corrected chi connectivity index (χ2v) is 6.82. The molecule has 1 heterocycles. The molecule has 5 heteroatoms. The number of ether oxygens (including phenoxy) is 2. The van der Waals surface area contributed by atoms with Gasteiger partial charge in [-0.3, -0.25) is 4.79 Å². The molecular formula is C16H22O5. The number of methoxy groups -OCH3 is 1. The topological polar surface area (TPSA) is 72.8 Å². The molecule has 0 bridgehead atoms. The van der Waals surface area contributed by atoms with E-state index in [2.05, 4.69) is 6.58 Å². The number of fused-ring (bicyclic) bond motifs is 3. The van der Waals surface area contributed by atoms with Crippen molar-refractivity contribution in [2.75, 3.05) is 7.11 Å². The van der Waals surface area contributed by atoms with E-state index in [1.807, 2.05) is 6.92 Å². The Balaban J connectivity index is 2.16. The minimum atomic E-state index is -1.32. The lowest BCUT2D eigenvalue weighted by Crippen LogP contribution is -2.60. The van der Waals surface area contributed by atoms with E-state index in [0.29, 0.717) is 18.4 Å². The number of aliphatic hydroxyl groups is 1. The average Bonchev–Trinajstić information content (AvgIpc) is 2.82. The van der Waals surface area contributed by atoms with Crippen LogP contribution in [0.15, 0.2) is 12.2 Å². The van der Waals surface area contributed by atoms with Crippen LogP contribution in [0.5, 0.6) is 0 Å². The fourth-order valence-electron chi connectivity index (χ4n) is 4.68. The van der Waals surface area contributed by atoms with Crippen LogP contribution in [0.1, 0.15) is 33.1 Å². The standard InChI is InChI=1S/C16H22O5/c1-8-5-6-10-9(2)14(18)21-13(10)15(3)11(17)7-12(20-4)16(8,15)19/h8,10,12-13,19H,2,5-7H2,1,3-4H3. The van der Waals surface area contributed by atoms with Gasteiger partial charge in [0, 0.05) is 25.0 Å². The summed E-state index contributed by atoms with van der Waals surface area (Å²) in [4.78, 5) is 24.6. The molecule has 3 rings (SSSR count). The summed E-state index contributed by atoms with van der Waals surface area (Å²) in [7, 11) is 1.51. The number of hydrogen-bond acceptors (Lipinski definition) is 5. The molecule has 116 valence electrons. The summed E-state index contributed by atoms with van der Waals surface area (Å²) in [5, 5.41) is 11.4. The zero-order valence-corrected chi connectivity index (χ0v) is 12.7. The van der Waals surface area contributed by atoms with Crippen molar-refractivity contribution in [2.24, 2.45) is 17.3 Å². The van der Waals surface area contributed by atoms with Gasteiger partial charge < -0.3 is 14.6 Å². The zero-order chi connectivity index (χ0) is 15.6. The molecule has 0 aromatic rings. The van der Waals surface area contributed by atoms with Gasteiger partial charge in [-0.2, -0.15) is 0 Å². The Morgan fingerprint density at radius 1 is 1.38 bits per heavy atom. The first-order chi connectivity index (χ1) is 9.78. The maximum atomic E-state index is 12.7. The summed E-state index contributed by atoms with van der Waals surface area (Å²) < 4.78 is 10.9. The number of carbonyl (C=O) groups is 2. The largest absolute Gasteiger partial charge is 0.457 e. The van der Waals surface area contributed by atoms with Gasteiger partial charge in [-0.1, -0.05) is 13.5 Å². The minimum absolute atomic E-state index is 0.0944. The summed E-state index contributed by atoms with van der Waals surface area (Å²) >= 11 is 0. The molecule has 2 saturated carbocycles. The van der Waals surface area contributed by atoms with E-state index < -0.39 is 29.2 Å². The Morgan fingerprint density at radius 3 is 2.67 bits per heavy atom. The summed E-state index contributed by atoms with van der Waals surface area (Å²) in [5.74, 6) is -0.852. The molecule has 2 aliphatic carbocycles. The number of Topliss-reactive ketones (excluding diaryl/α,β-unsaturated/α-hetero) is 1. The van der Waals surface area contributed by atoms with Gasteiger partial charge in [0.25, 0.3) is 0 Å². The SMILES string of the molecule is C=C1C(=O)OC2C1CCC(C)C1(O)C(OC)CC(=O)C21C. The van der Waals surface area contributed by atoms with Crippen molar-refractivity contribution in [3.05, 3.63) is 12.2 Å². The Labute approximate surface area is 124 Å². The van der Waals surface area contributed by atoms with Crippen molar-refractivity contribution in [3.8, 4) is 0 Å². The van der Waals surface area contributed by atoms with E-state index in [0.717, 1.165) is 0 Å². The molecule has 3 fully saturated rings. The lowest BCUT2D eigenvalue weighted by Gasteiger charge is -2.45. The third-order valence-corrected chi connectivity index (χ3v) is 6.10. The smallest absolute Gasteiger partial charge is 0.334 e. The first-order valence-corrected chi connectivity index (χ1v) is 7.46. The second-order valence-electron chi connectivity index (χ2n) is 6.82. The molecule has 1 N–H and O–H groups in total. The van der Waals surface area contributed by atoms with Gasteiger partial charge in [-0.05, 0) is 25.7 Å². The number of esters is 1. The molecule has 0 amide bonds. The monoisotopic (exact) mass is 294 g/mol. The van der Waals surface area contributed by atoms with Crippen LogP contribution in [0, 0.1) is 17.3 Å². The Bertz CT molecular complexity index is 527. The maximum absolute atomic E-state index is 12.7. The quantitative estimate of drug-likeness (QED) is 0.582. The predicted molar refractivity (Wildman–Crippen MR) is 74.4 cm³/mol. The Hall–Kier alpha value is -1.20. The van der Waals surface area contributed by atoms with Gasteiger partial charge in [-0.15, -0.1) is 0 Å². The molecule has 0 aromatic carbocycles. The molecule has 0 radical (unpaired) electrons. The van der Waals surface area contributed by atoms with Crippen molar-refractivity contribution in [1.29, 1.82) is 0 Å². The van der Waals surface area contributed by atoms with Crippen molar-refractivity contribution < 1.29 is 24.2 Å². The summed E-state index contributed by atoms with van der Waals surface area (Å²) in [5.41, 5.74) is -2.03. The van der Waals surface area contributed by atoms with E-state index in [9.17, 15) is 14.7 Å². The van der Waals surface area contributed by atoms with Crippen LogP contribution in [0.3, 0.4) is 0 Å². The van der Waals surface area contributed by atoms with E-state index in [1.165, 1.54) is 7.11 Å². The highest BCUT2D eigenvalue weighted by Gasteiger charge is 2.72. The normalized spacial score (nSPS) is 49.6. The van der Waals surface area contributed by atoms with Gasteiger partial charge in [0.1, 0.15) is 17.5 Å². The van der Waals surface area contributed by atoms with E-state index in [4.69, 9.17) is 9.47 Å². The summed E-state index contributed by atoms with van der Waals surface area (Å²) in [6.45, 7) is 7.48. The fraction of sp³-hybridized carbons (Fsp3) is 0.750. The first-order valence-electron chi connectivity index (χ1n) is 7.46. The van der Waals surface area contributed by atoms with Crippen molar-refractivity contribution >= 4 is 11.8 Å². The zero-order valence-electron chi connectivity index (χ0n) is 12.7. The third-order valence-electron chi connectivity index (χ3n) is 6.10. The maximum Gasteiger partial charge on any atom is 0.334 e. The fourth-order valence-corrected chi connectivity index (χ4v) is 4.68. The van der Waals surface area contributed by atoms with Gasteiger partial charge in [0.05, 0.1) is 11.5 Å². The van der Waals surface area contributed by atoms with E-state index in [-0.39, 0.29) is 24.0 Å². The molecule has 6 unspecified atom stereocenters. The van der Waals surface area contributed by atoms with E-state index >= 15 is 0 Å². The number of rotatable bonds is 1. The van der Waals surface area contributed by atoms with E-state index in [1.54, 1.807) is 6.92 Å². The van der Waals surface area contributed by atoms with Crippen LogP contribution >= 0.6 is 0 Å². The number of carbonyl (C=O) groups excluding carboxylic acids is 2. The highest BCUT2D eigenvalue weighted by Crippen LogP contribution is 2.59. The van der Waals surface area contributed by atoms with Gasteiger partial charge in [-0.25, -0.2) is 4.79 Å². The lowest BCUT2D eigenvalue weighted by atomic mass is 9.64. The first kappa shape index (κ1) is 14.7. The number of ketones is 1. The highest BCUT2D eigenvalue weighted by molar-refractivity contribution is 5.95. The predicted octanol–water partition coefficient (Wildman–Crippen LogP) is 1.24. The van der Waals surface area contributed by atoms with Crippen LogP contribution in [0.4, 0.5) is 0 Å². The Kier molecular flexibility index (Phi) is 3.08. The number of hydrogen-bond donors (Lipinski definition) is 1. The van der Waals surface area contributed by atoms with Crippen LogP contribution in [-0.4, -0.2) is 41.8 Å². The minimum Gasteiger partial charge on any atom is -0.457 e. The van der Waals surface area contributed by atoms with Crippen LogP contribution in [-0.2, 0) is 19.1 Å². The van der Waals surface area contributed by atoms with Gasteiger partial charge in [0.2, 0.25) is 0 Å². The lowest BCUT2D eigenvalue weighted by molar-refractivity contribution is -0.193. The van der Waals surface area contributed by atoms with Crippen molar-refractivity contribution in [3.63, 3.8) is 0 Å². The molecule has 1 saturated heterocycles. The summed E-state index contributed by atoms with van der Waals surface area (Å²) in [6, 6.07) is 0. The van der Waals surface area contributed by atoms with Gasteiger partial charge >= 0.3 is 5.97 Å². The molecule has 3 aliphatic rings. The highest BCUT2D eigenvalue weighted by atomic mass is 16.6. The average molecular weight is 294 g/mol. The molecule has 0 spiro atoms. The molecule has 5 nitrogen and oxygen atoms in total. The molecule has 6 atom stereocenters. The third kappa shape index (κ3) is 1.53. The molecule has 21 heavy (non-hydrogen) atoms. The molecular weight excluding hydrogens is 272 g/mol. The molecule has 0 aromatic heterocycles. The summed E-state index contributed by atoms with van der Waals surface area (Å²) in [6.07, 6.45) is 0.353. The van der Waals surface area contributed by atoms with Crippen molar-refractivity contribution in [2.45, 2.75) is 50.9 Å². The van der Waals surface area contributed by atoms with Crippen LogP contribution in [0.2, 0.25) is 0 Å². The van der Waals surface area contributed by atoms with Gasteiger partial charge in [0.15, 0.2) is 0 Å². The Morgan fingerprint density at radius 2 is 2.05 bits per heavy atom. The van der Waals surface area contributed by atoms with Crippen LogP contribution < -0.4 is 0 Å².